The zero-order valence-electron chi connectivity index (χ0n) is 8.53. The lowest BCUT2D eigenvalue weighted by atomic mass is 10.2. The molecule has 2 aromatic rings. The first kappa shape index (κ1) is 12.3. The summed E-state index contributed by atoms with van der Waals surface area (Å²) in [5, 5.41) is -0.0972. The second-order valence-corrected chi connectivity index (χ2v) is 4.52. The first-order valence-electron chi connectivity index (χ1n) is 4.73. The Balaban J connectivity index is 2.42. The van der Waals surface area contributed by atoms with E-state index in [0.717, 1.165) is 0 Å². The summed E-state index contributed by atoms with van der Waals surface area (Å²) >= 11 is 8.76. The van der Waals surface area contributed by atoms with E-state index in [1.807, 2.05) is 0 Å². The van der Waals surface area contributed by atoms with Gasteiger partial charge in [0.15, 0.2) is 5.15 Å². The van der Waals surface area contributed by atoms with Crippen molar-refractivity contribution in [3.05, 3.63) is 62.0 Å². The molecule has 0 fully saturated rings. The number of rotatable bonds is 2. The molecule has 0 saturated heterocycles. The Morgan fingerprint density at radius 2 is 2.24 bits per heavy atom. The van der Waals surface area contributed by atoms with E-state index >= 15 is 0 Å². The Kier molecular flexibility index (Phi) is 3.59. The van der Waals surface area contributed by atoms with Gasteiger partial charge >= 0.3 is 0 Å². The van der Waals surface area contributed by atoms with Gasteiger partial charge in [-0.3, -0.25) is 4.79 Å². The maximum absolute atomic E-state index is 13.3. The molecule has 0 N–H and O–H groups in total. The lowest BCUT2D eigenvalue weighted by molar-refractivity contribution is 0.615. The summed E-state index contributed by atoms with van der Waals surface area (Å²) in [6, 6.07) is 4.66. The van der Waals surface area contributed by atoms with E-state index in [4.69, 9.17) is 11.6 Å². The number of hydrogen-bond donors (Lipinski definition) is 0. The second kappa shape index (κ2) is 4.98. The molecule has 0 atom stereocenters. The van der Waals surface area contributed by atoms with Gasteiger partial charge in [0.25, 0.3) is 5.56 Å². The summed E-state index contributed by atoms with van der Waals surface area (Å²) in [5.41, 5.74) is 0.264. The van der Waals surface area contributed by atoms with Gasteiger partial charge in [-0.2, -0.15) is 0 Å². The summed E-state index contributed by atoms with van der Waals surface area (Å²) in [6.07, 6.45) is 2.93. The predicted octanol–water partition coefficient (Wildman–Crippen LogP) is 2.85. The third-order valence-electron chi connectivity index (χ3n) is 2.24. The Hall–Kier alpha value is -1.20. The molecular weight excluding hydrogens is 310 g/mol. The molecule has 88 valence electrons. The van der Waals surface area contributed by atoms with Gasteiger partial charge in [-0.15, -0.1) is 0 Å². The van der Waals surface area contributed by atoms with Crippen LogP contribution in [0.3, 0.4) is 0 Å². The van der Waals surface area contributed by atoms with Gasteiger partial charge in [0, 0.05) is 12.4 Å². The van der Waals surface area contributed by atoms with Crippen LogP contribution in [0.5, 0.6) is 0 Å². The van der Waals surface area contributed by atoms with Crippen molar-refractivity contribution in [2.24, 2.45) is 0 Å². The maximum atomic E-state index is 13.3. The Morgan fingerprint density at radius 3 is 3.00 bits per heavy atom. The summed E-state index contributed by atoms with van der Waals surface area (Å²) in [4.78, 5) is 15.3. The minimum absolute atomic E-state index is 0.0972. The lowest BCUT2D eigenvalue weighted by Gasteiger charge is -2.07. The van der Waals surface area contributed by atoms with Crippen molar-refractivity contribution in [2.45, 2.75) is 6.54 Å². The van der Waals surface area contributed by atoms with Crippen molar-refractivity contribution in [3.63, 3.8) is 0 Å². The fourth-order valence-electron chi connectivity index (χ4n) is 1.40. The minimum Gasteiger partial charge on any atom is -0.307 e. The van der Waals surface area contributed by atoms with Gasteiger partial charge in [0.05, 0.1) is 11.0 Å². The fourth-order valence-corrected chi connectivity index (χ4v) is 1.95. The van der Waals surface area contributed by atoms with Gasteiger partial charge in [-0.1, -0.05) is 23.7 Å². The second-order valence-electron chi connectivity index (χ2n) is 3.36. The fraction of sp³-hybridized carbons (Fsp3) is 0.0909. The summed E-state index contributed by atoms with van der Waals surface area (Å²) < 4.78 is 15.0. The van der Waals surface area contributed by atoms with E-state index < -0.39 is 5.56 Å². The predicted molar refractivity (Wildman–Crippen MR) is 66.7 cm³/mol. The van der Waals surface area contributed by atoms with Crippen LogP contribution in [0, 0.1) is 5.82 Å². The highest BCUT2D eigenvalue weighted by Crippen LogP contribution is 2.20. The third-order valence-corrected chi connectivity index (χ3v) is 3.39. The van der Waals surface area contributed by atoms with Gasteiger partial charge in [0.1, 0.15) is 5.82 Å². The van der Waals surface area contributed by atoms with E-state index in [1.54, 1.807) is 12.1 Å². The monoisotopic (exact) mass is 316 g/mol. The molecule has 17 heavy (non-hydrogen) atoms. The Bertz CT molecular complexity index is 615. The molecule has 2 rings (SSSR count). The van der Waals surface area contributed by atoms with Crippen molar-refractivity contribution in [2.75, 3.05) is 0 Å². The molecule has 0 aliphatic carbocycles. The van der Waals surface area contributed by atoms with Crippen molar-refractivity contribution in [1.29, 1.82) is 0 Å². The van der Waals surface area contributed by atoms with Crippen LogP contribution >= 0.6 is 27.5 Å². The standard InChI is InChI=1S/C11H7BrClFN2O/c12-9-7(2-1-3-8(9)14)6-16-5-4-15-10(13)11(16)17/h1-5H,6H2. The SMILES string of the molecule is O=c1c(Cl)nccn1Cc1cccc(F)c1Br. The summed E-state index contributed by atoms with van der Waals surface area (Å²) in [7, 11) is 0. The van der Waals surface area contributed by atoms with E-state index in [9.17, 15) is 9.18 Å². The summed E-state index contributed by atoms with van der Waals surface area (Å²) in [6.45, 7) is 0.236. The molecule has 1 aromatic heterocycles. The van der Waals surface area contributed by atoms with Crippen molar-refractivity contribution in [1.82, 2.24) is 9.55 Å². The van der Waals surface area contributed by atoms with Crippen LogP contribution in [-0.4, -0.2) is 9.55 Å². The van der Waals surface area contributed by atoms with E-state index in [1.165, 1.54) is 23.0 Å². The van der Waals surface area contributed by atoms with E-state index in [0.29, 0.717) is 10.0 Å². The quantitative estimate of drug-likeness (QED) is 0.853. The van der Waals surface area contributed by atoms with Crippen LogP contribution in [0.2, 0.25) is 5.15 Å². The largest absolute Gasteiger partial charge is 0.307 e. The first-order chi connectivity index (χ1) is 8.09. The number of halogens is 3. The number of benzene rings is 1. The normalized spacial score (nSPS) is 10.5. The Labute approximate surface area is 110 Å². The zero-order chi connectivity index (χ0) is 12.4. The van der Waals surface area contributed by atoms with Crippen molar-refractivity contribution >= 4 is 27.5 Å². The first-order valence-corrected chi connectivity index (χ1v) is 5.90. The molecule has 0 spiro atoms. The van der Waals surface area contributed by atoms with E-state index in [2.05, 4.69) is 20.9 Å². The highest BCUT2D eigenvalue weighted by atomic mass is 79.9. The van der Waals surface area contributed by atoms with Gasteiger partial charge in [0.2, 0.25) is 0 Å². The van der Waals surface area contributed by atoms with Gasteiger partial charge in [-0.05, 0) is 27.6 Å². The number of nitrogens with zero attached hydrogens (tertiary/aromatic N) is 2. The molecule has 0 aliphatic heterocycles. The molecule has 3 nitrogen and oxygen atoms in total. The summed E-state index contributed by atoms with van der Waals surface area (Å²) in [5.74, 6) is -0.365. The van der Waals surface area contributed by atoms with E-state index in [-0.39, 0.29) is 17.5 Å². The highest BCUT2D eigenvalue weighted by Gasteiger charge is 2.07. The molecule has 1 aromatic carbocycles. The van der Waals surface area contributed by atoms with Crippen LogP contribution in [0.4, 0.5) is 4.39 Å². The highest BCUT2D eigenvalue weighted by molar-refractivity contribution is 9.10. The average molecular weight is 318 g/mol. The molecule has 0 radical (unpaired) electrons. The van der Waals surface area contributed by atoms with Gasteiger partial charge in [-0.25, -0.2) is 9.37 Å². The van der Waals surface area contributed by atoms with Gasteiger partial charge < -0.3 is 4.57 Å². The van der Waals surface area contributed by atoms with Crippen LogP contribution in [0.15, 0.2) is 39.9 Å². The van der Waals surface area contributed by atoms with Crippen molar-refractivity contribution in [3.8, 4) is 0 Å². The smallest absolute Gasteiger partial charge is 0.288 e. The van der Waals surface area contributed by atoms with Crippen molar-refractivity contribution < 1.29 is 4.39 Å². The molecule has 0 amide bonds. The molecule has 0 bridgehead atoms. The molecular formula is C11H7BrClFN2O. The minimum atomic E-state index is -0.398. The zero-order valence-corrected chi connectivity index (χ0v) is 10.9. The topological polar surface area (TPSA) is 34.9 Å². The molecule has 0 saturated carbocycles. The average Bonchev–Trinajstić information content (AvgIpc) is 2.31. The molecule has 6 heteroatoms. The third kappa shape index (κ3) is 2.56. The number of hydrogen-bond acceptors (Lipinski definition) is 2. The molecule has 1 heterocycles. The Morgan fingerprint density at radius 1 is 1.47 bits per heavy atom. The van der Waals surface area contributed by atoms with Crippen LogP contribution in [0.25, 0.3) is 0 Å². The number of aromatic nitrogens is 2. The van der Waals surface area contributed by atoms with Crippen LogP contribution in [-0.2, 0) is 6.54 Å². The lowest BCUT2D eigenvalue weighted by Crippen LogP contribution is -2.21. The van der Waals surface area contributed by atoms with Crippen LogP contribution < -0.4 is 5.56 Å². The maximum Gasteiger partial charge on any atom is 0.288 e. The molecule has 0 unspecified atom stereocenters. The molecule has 0 aliphatic rings. The van der Waals surface area contributed by atoms with Crippen LogP contribution in [0.1, 0.15) is 5.56 Å².